The van der Waals surface area contributed by atoms with Gasteiger partial charge in [0.05, 0.1) is 6.61 Å². The third-order valence-corrected chi connectivity index (χ3v) is 5.74. The second-order valence-electron chi connectivity index (χ2n) is 6.93. The van der Waals surface area contributed by atoms with E-state index in [9.17, 15) is 9.18 Å². The minimum atomic E-state index is -0.284. The standard InChI is InChI=1S/C22H21FN2O2S/c23-18-10-8-17(9-11-18)21-24-20(15-28-21)22(26)25-12-4-5-16(13-25)14-27-19-6-2-1-3-7-19/h1-3,6-11,15-16H,4-5,12-14H2. The number of piperidine rings is 1. The average molecular weight is 396 g/mol. The molecule has 144 valence electrons. The lowest BCUT2D eigenvalue weighted by molar-refractivity contribution is 0.0628. The molecule has 1 fully saturated rings. The number of nitrogens with zero attached hydrogens (tertiary/aromatic N) is 2. The molecular formula is C22H21FN2O2S. The zero-order valence-corrected chi connectivity index (χ0v) is 16.2. The number of aromatic nitrogens is 1. The molecule has 2 aromatic carbocycles. The summed E-state index contributed by atoms with van der Waals surface area (Å²) in [6, 6.07) is 15.9. The molecular weight excluding hydrogens is 375 g/mol. The van der Waals surface area contributed by atoms with Gasteiger partial charge in [0.2, 0.25) is 0 Å². The summed E-state index contributed by atoms with van der Waals surface area (Å²) in [5, 5.41) is 2.51. The summed E-state index contributed by atoms with van der Waals surface area (Å²) < 4.78 is 19.0. The van der Waals surface area contributed by atoms with Gasteiger partial charge in [-0.25, -0.2) is 9.37 Å². The van der Waals surface area contributed by atoms with E-state index in [0.29, 0.717) is 24.8 Å². The summed E-state index contributed by atoms with van der Waals surface area (Å²) in [5.74, 6) is 0.838. The smallest absolute Gasteiger partial charge is 0.273 e. The largest absolute Gasteiger partial charge is 0.493 e. The lowest BCUT2D eigenvalue weighted by atomic mass is 9.98. The van der Waals surface area contributed by atoms with Crippen molar-refractivity contribution in [1.29, 1.82) is 0 Å². The van der Waals surface area contributed by atoms with Crippen LogP contribution in [0.4, 0.5) is 4.39 Å². The molecule has 1 aromatic heterocycles. The molecule has 0 N–H and O–H groups in total. The Morgan fingerprint density at radius 1 is 1.18 bits per heavy atom. The van der Waals surface area contributed by atoms with Crippen LogP contribution in [0.1, 0.15) is 23.3 Å². The van der Waals surface area contributed by atoms with Gasteiger partial charge in [0.25, 0.3) is 5.91 Å². The number of carbonyl (C=O) groups is 1. The van der Waals surface area contributed by atoms with Crippen LogP contribution in [0.5, 0.6) is 5.75 Å². The van der Waals surface area contributed by atoms with Gasteiger partial charge in [-0.15, -0.1) is 11.3 Å². The van der Waals surface area contributed by atoms with Gasteiger partial charge in [0, 0.05) is 30.0 Å². The van der Waals surface area contributed by atoms with Crippen molar-refractivity contribution < 1.29 is 13.9 Å². The van der Waals surface area contributed by atoms with E-state index in [2.05, 4.69) is 4.98 Å². The van der Waals surface area contributed by atoms with Crippen LogP contribution in [0.3, 0.4) is 0 Å². The maximum atomic E-state index is 13.1. The molecule has 0 saturated carbocycles. The molecule has 4 nitrogen and oxygen atoms in total. The molecule has 3 aromatic rings. The molecule has 2 heterocycles. The van der Waals surface area contributed by atoms with Gasteiger partial charge in [-0.1, -0.05) is 18.2 Å². The molecule has 1 unspecified atom stereocenters. The summed E-state index contributed by atoms with van der Waals surface area (Å²) in [6.45, 7) is 2.02. The number of hydrogen-bond donors (Lipinski definition) is 0. The number of amides is 1. The Morgan fingerprint density at radius 3 is 2.75 bits per heavy atom. The molecule has 0 radical (unpaired) electrons. The Bertz CT molecular complexity index is 927. The number of hydrogen-bond acceptors (Lipinski definition) is 4. The number of carbonyl (C=O) groups excluding carboxylic acids is 1. The number of benzene rings is 2. The SMILES string of the molecule is O=C(c1csc(-c2ccc(F)cc2)n1)N1CCCC(COc2ccccc2)C1. The minimum Gasteiger partial charge on any atom is -0.493 e. The van der Waals surface area contributed by atoms with E-state index in [-0.39, 0.29) is 11.7 Å². The average Bonchev–Trinajstić information content (AvgIpc) is 3.23. The van der Waals surface area contributed by atoms with Crippen molar-refractivity contribution in [3.05, 3.63) is 71.5 Å². The Kier molecular flexibility index (Phi) is 5.67. The predicted octanol–water partition coefficient (Wildman–Crippen LogP) is 4.88. The first kappa shape index (κ1) is 18.6. The fraction of sp³-hybridized carbons (Fsp3) is 0.273. The fourth-order valence-electron chi connectivity index (χ4n) is 3.38. The van der Waals surface area contributed by atoms with E-state index in [1.54, 1.807) is 17.5 Å². The van der Waals surface area contributed by atoms with Crippen LogP contribution in [0.25, 0.3) is 10.6 Å². The number of halogens is 1. The van der Waals surface area contributed by atoms with E-state index in [0.717, 1.165) is 35.7 Å². The second kappa shape index (κ2) is 8.52. The van der Waals surface area contributed by atoms with Gasteiger partial charge in [0.1, 0.15) is 22.3 Å². The molecule has 0 bridgehead atoms. The van der Waals surface area contributed by atoms with Crippen molar-refractivity contribution in [3.8, 4) is 16.3 Å². The molecule has 1 aliphatic heterocycles. The summed E-state index contributed by atoms with van der Waals surface area (Å²) in [6.07, 6.45) is 2.01. The van der Waals surface area contributed by atoms with Crippen molar-refractivity contribution >= 4 is 17.2 Å². The molecule has 1 saturated heterocycles. The topological polar surface area (TPSA) is 42.4 Å². The maximum Gasteiger partial charge on any atom is 0.273 e. The summed E-state index contributed by atoms with van der Waals surface area (Å²) in [4.78, 5) is 19.2. The molecule has 6 heteroatoms. The van der Waals surface area contributed by atoms with Crippen molar-refractivity contribution in [1.82, 2.24) is 9.88 Å². The van der Waals surface area contributed by atoms with Gasteiger partial charge >= 0.3 is 0 Å². The highest BCUT2D eigenvalue weighted by atomic mass is 32.1. The number of likely N-dealkylation sites (tertiary alicyclic amines) is 1. The molecule has 1 atom stereocenters. The van der Waals surface area contributed by atoms with Crippen LogP contribution >= 0.6 is 11.3 Å². The monoisotopic (exact) mass is 396 g/mol. The van der Waals surface area contributed by atoms with E-state index < -0.39 is 0 Å². The van der Waals surface area contributed by atoms with Crippen LogP contribution in [-0.2, 0) is 0 Å². The number of rotatable bonds is 5. The molecule has 1 aliphatic rings. The number of ether oxygens (including phenoxy) is 1. The van der Waals surface area contributed by atoms with Crippen LogP contribution < -0.4 is 4.74 Å². The number of thiazole rings is 1. The third kappa shape index (κ3) is 4.39. The highest BCUT2D eigenvalue weighted by molar-refractivity contribution is 7.13. The maximum absolute atomic E-state index is 13.1. The van der Waals surface area contributed by atoms with Crippen molar-refractivity contribution in [2.45, 2.75) is 12.8 Å². The predicted molar refractivity (Wildman–Crippen MR) is 108 cm³/mol. The lowest BCUT2D eigenvalue weighted by Gasteiger charge is -2.32. The van der Waals surface area contributed by atoms with Crippen molar-refractivity contribution in [2.24, 2.45) is 5.92 Å². The highest BCUT2D eigenvalue weighted by Crippen LogP contribution is 2.26. The highest BCUT2D eigenvalue weighted by Gasteiger charge is 2.26. The molecule has 1 amide bonds. The summed E-state index contributed by atoms with van der Waals surface area (Å²) >= 11 is 1.40. The van der Waals surface area contributed by atoms with Crippen LogP contribution in [-0.4, -0.2) is 35.5 Å². The quantitative estimate of drug-likeness (QED) is 0.617. The zero-order valence-electron chi connectivity index (χ0n) is 15.4. The first-order valence-corrected chi connectivity index (χ1v) is 10.3. The van der Waals surface area contributed by atoms with Crippen molar-refractivity contribution in [2.75, 3.05) is 19.7 Å². The minimum absolute atomic E-state index is 0.0472. The van der Waals surface area contributed by atoms with E-state index >= 15 is 0 Å². The van der Waals surface area contributed by atoms with Crippen LogP contribution in [0, 0.1) is 11.7 Å². The van der Waals surface area contributed by atoms with Gasteiger partial charge in [-0.05, 0) is 49.2 Å². The van der Waals surface area contributed by atoms with Gasteiger partial charge in [-0.2, -0.15) is 0 Å². The Labute approximate surface area is 167 Å². The van der Waals surface area contributed by atoms with E-state index in [4.69, 9.17) is 4.74 Å². The van der Waals surface area contributed by atoms with E-state index in [1.165, 1.54) is 23.5 Å². The first-order valence-electron chi connectivity index (χ1n) is 9.37. The van der Waals surface area contributed by atoms with Gasteiger partial charge in [0.15, 0.2) is 0 Å². The number of para-hydroxylation sites is 1. The zero-order chi connectivity index (χ0) is 19.3. The molecule has 0 spiro atoms. The third-order valence-electron chi connectivity index (χ3n) is 4.85. The second-order valence-corrected chi connectivity index (χ2v) is 7.79. The normalized spacial score (nSPS) is 16.8. The summed E-state index contributed by atoms with van der Waals surface area (Å²) in [5.41, 5.74) is 1.27. The molecule has 4 rings (SSSR count). The molecule has 0 aliphatic carbocycles. The van der Waals surface area contributed by atoms with Crippen LogP contribution in [0.15, 0.2) is 60.0 Å². The lowest BCUT2D eigenvalue weighted by Crippen LogP contribution is -2.41. The Balaban J connectivity index is 1.38. The van der Waals surface area contributed by atoms with Gasteiger partial charge < -0.3 is 9.64 Å². The summed E-state index contributed by atoms with van der Waals surface area (Å²) in [7, 11) is 0. The van der Waals surface area contributed by atoms with Crippen LogP contribution in [0.2, 0.25) is 0 Å². The first-order chi connectivity index (χ1) is 13.7. The van der Waals surface area contributed by atoms with Gasteiger partial charge in [-0.3, -0.25) is 4.79 Å². The van der Waals surface area contributed by atoms with Crippen molar-refractivity contribution in [3.63, 3.8) is 0 Å². The van der Waals surface area contributed by atoms with E-state index in [1.807, 2.05) is 35.2 Å². The fourth-order valence-corrected chi connectivity index (χ4v) is 4.18. The Hall–Kier alpha value is -2.73. The Morgan fingerprint density at radius 2 is 1.96 bits per heavy atom. The molecule has 28 heavy (non-hydrogen) atoms.